The maximum Gasteiger partial charge on any atom is 0.106 e. The van der Waals surface area contributed by atoms with Crippen LogP contribution in [0.3, 0.4) is 0 Å². The molecule has 2 N–H and O–H groups in total. The monoisotopic (exact) mass is 207 g/mol. The van der Waals surface area contributed by atoms with E-state index in [2.05, 4.69) is 15.3 Å². The van der Waals surface area contributed by atoms with Gasteiger partial charge in [-0.25, -0.2) is 4.98 Å². The number of nitrogens with zero attached hydrogens (tertiary/aromatic N) is 1. The maximum absolute atomic E-state index is 4.21. The van der Waals surface area contributed by atoms with Crippen molar-refractivity contribution in [3.8, 4) is 0 Å². The minimum atomic E-state index is 0.952. The Kier molecular flexibility index (Phi) is 4.21. The van der Waals surface area contributed by atoms with Crippen LogP contribution in [0.4, 0.5) is 0 Å². The van der Waals surface area contributed by atoms with Gasteiger partial charge >= 0.3 is 0 Å². The fourth-order valence-corrected chi connectivity index (χ4v) is 2.34. The molecule has 1 aliphatic rings. The number of nitrogens with one attached hydrogen (secondary N) is 2. The van der Waals surface area contributed by atoms with Crippen molar-refractivity contribution in [2.24, 2.45) is 5.92 Å². The molecule has 1 heterocycles. The highest BCUT2D eigenvalue weighted by atomic mass is 14.9. The molecule has 1 aliphatic carbocycles. The van der Waals surface area contributed by atoms with Crippen LogP contribution in [0.5, 0.6) is 0 Å². The SMILES string of the molecule is c1c[nH]c(CCCNCC2CCCC2)n1. The van der Waals surface area contributed by atoms with Crippen molar-refractivity contribution in [3.05, 3.63) is 18.2 Å². The zero-order valence-electron chi connectivity index (χ0n) is 9.34. The van der Waals surface area contributed by atoms with Crippen LogP contribution < -0.4 is 5.32 Å². The summed E-state index contributed by atoms with van der Waals surface area (Å²) in [5, 5.41) is 3.55. The Hall–Kier alpha value is -0.830. The molecule has 0 saturated heterocycles. The Morgan fingerprint density at radius 2 is 2.27 bits per heavy atom. The number of imidazole rings is 1. The van der Waals surface area contributed by atoms with Crippen LogP contribution in [-0.2, 0) is 6.42 Å². The molecule has 1 aromatic rings. The van der Waals surface area contributed by atoms with Crippen molar-refractivity contribution >= 4 is 0 Å². The zero-order valence-corrected chi connectivity index (χ0v) is 9.34. The first-order valence-corrected chi connectivity index (χ1v) is 6.14. The lowest BCUT2D eigenvalue weighted by molar-refractivity contribution is 0.485. The fourth-order valence-electron chi connectivity index (χ4n) is 2.34. The van der Waals surface area contributed by atoms with Crippen LogP contribution in [-0.4, -0.2) is 23.1 Å². The number of aryl methyl sites for hydroxylation is 1. The lowest BCUT2D eigenvalue weighted by atomic mass is 10.1. The second-order valence-electron chi connectivity index (χ2n) is 4.49. The normalized spacial score (nSPS) is 17.3. The first kappa shape index (κ1) is 10.7. The predicted octanol–water partition coefficient (Wildman–Crippen LogP) is 2.12. The Labute approximate surface area is 91.7 Å². The second kappa shape index (κ2) is 5.91. The Morgan fingerprint density at radius 1 is 1.40 bits per heavy atom. The highest BCUT2D eigenvalue weighted by Gasteiger charge is 2.13. The Morgan fingerprint density at radius 3 is 3.00 bits per heavy atom. The number of hydrogen-bond acceptors (Lipinski definition) is 2. The van der Waals surface area contributed by atoms with Crippen molar-refractivity contribution in [2.45, 2.75) is 38.5 Å². The summed E-state index contributed by atoms with van der Waals surface area (Å²) in [5.41, 5.74) is 0. The number of aromatic nitrogens is 2. The molecule has 0 aliphatic heterocycles. The van der Waals surface area contributed by atoms with Crippen LogP contribution in [0.15, 0.2) is 12.4 Å². The summed E-state index contributed by atoms with van der Waals surface area (Å²) in [4.78, 5) is 7.34. The lowest BCUT2D eigenvalue weighted by Crippen LogP contribution is -2.22. The van der Waals surface area contributed by atoms with Gasteiger partial charge in [-0.1, -0.05) is 12.8 Å². The molecule has 0 atom stereocenters. The molecular weight excluding hydrogens is 186 g/mol. The molecule has 3 nitrogen and oxygen atoms in total. The van der Waals surface area contributed by atoms with Gasteiger partial charge < -0.3 is 10.3 Å². The largest absolute Gasteiger partial charge is 0.349 e. The smallest absolute Gasteiger partial charge is 0.106 e. The molecule has 3 heteroatoms. The number of rotatable bonds is 6. The van der Waals surface area contributed by atoms with E-state index in [-0.39, 0.29) is 0 Å². The van der Waals surface area contributed by atoms with Gasteiger partial charge in [-0.3, -0.25) is 0 Å². The zero-order chi connectivity index (χ0) is 10.3. The Balaban J connectivity index is 1.48. The molecule has 0 bridgehead atoms. The van der Waals surface area contributed by atoms with Crippen LogP contribution in [0.25, 0.3) is 0 Å². The van der Waals surface area contributed by atoms with E-state index in [0.29, 0.717) is 0 Å². The lowest BCUT2D eigenvalue weighted by Gasteiger charge is -2.09. The van der Waals surface area contributed by atoms with Crippen molar-refractivity contribution in [1.29, 1.82) is 0 Å². The van der Waals surface area contributed by atoms with Gasteiger partial charge in [0.25, 0.3) is 0 Å². The predicted molar refractivity (Wildman–Crippen MR) is 61.7 cm³/mol. The third kappa shape index (κ3) is 3.67. The van der Waals surface area contributed by atoms with Gasteiger partial charge in [-0.15, -0.1) is 0 Å². The summed E-state index contributed by atoms with van der Waals surface area (Å²) in [6.45, 7) is 2.34. The minimum Gasteiger partial charge on any atom is -0.349 e. The summed E-state index contributed by atoms with van der Waals surface area (Å²) >= 11 is 0. The van der Waals surface area contributed by atoms with Gasteiger partial charge in [0.1, 0.15) is 5.82 Å². The van der Waals surface area contributed by atoms with Gasteiger partial charge in [-0.05, 0) is 38.3 Å². The molecule has 0 radical (unpaired) electrons. The summed E-state index contributed by atoms with van der Waals surface area (Å²) in [7, 11) is 0. The van der Waals surface area contributed by atoms with E-state index >= 15 is 0 Å². The fraction of sp³-hybridized carbons (Fsp3) is 0.750. The van der Waals surface area contributed by atoms with E-state index in [0.717, 1.165) is 24.7 Å². The molecule has 1 fully saturated rings. The molecule has 0 spiro atoms. The molecule has 0 amide bonds. The van der Waals surface area contributed by atoms with Crippen LogP contribution in [0, 0.1) is 5.92 Å². The van der Waals surface area contributed by atoms with Crippen LogP contribution >= 0.6 is 0 Å². The highest BCUT2D eigenvalue weighted by Crippen LogP contribution is 2.23. The standard InChI is InChI=1S/C12H21N3/c1-2-5-11(4-1)10-13-7-3-6-12-14-8-9-15-12/h8-9,11,13H,1-7,10H2,(H,14,15). The van der Waals surface area contributed by atoms with Gasteiger partial charge in [0.15, 0.2) is 0 Å². The third-order valence-corrected chi connectivity index (χ3v) is 3.23. The maximum atomic E-state index is 4.21. The summed E-state index contributed by atoms with van der Waals surface area (Å²) in [6, 6.07) is 0. The molecule has 1 aromatic heterocycles. The molecule has 15 heavy (non-hydrogen) atoms. The molecule has 0 aromatic carbocycles. The Bertz CT molecular complexity index is 250. The molecular formula is C12H21N3. The van der Waals surface area contributed by atoms with Crippen molar-refractivity contribution in [2.75, 3.05) is 13.1 Å². The number of aromatic amines is 1. The topological polar surface area (TPSA) is 40.7 Å². The second-order valence-corrected chi connectivity index (χ2v) is 4.49. The average molecular weight is 207 g/mol. The molecule has 1 saturated carbocycles. The van der Waals surface area contributed by atoms with Crippen LogP contribution in [0.1, 0.15) is 37.9 Å². The van der Waals surface area contributed by atoms with Gasteiger partial charge in [-0.2, -0.15) is 0 Å². The van der Waals surface area contributed by atoms with Gasteiger partial charge in [0.05, 0.1) is 0 Å². The van der Waals surface area contributed by atoms with E-state index in [9.17, 15) is 0 Å². The van der Waals surface area contributed by atoms with Crippen molar-refractivity contribution in [1.82, 2.24) is 15.3 Å². The number of hydrogen-bond donors (Lipinski definition) is 2. The van der Waals surface area contributed by atoms with Gasteiger partial charge in [0.2, 0.25) is 0 Å². The minimum absolute atomic E-state index is 0.952. The van der Waals surface area contributed by atoms with Crippen molar-refractivity contribution in [3.63, 3.8) is 0 Å². The highest BCUT2D eigenvalue weighted by molar-refractivity contribution is 4.86. The van der Waals surface area contributed by atoms with E-state index < -0.39 is 0 Å². The number of H-pyrrole nitrogens is 1. The van der Waals surface area contributed by atoms with E-state index in [1.807, 2.05) is 12.4 Å². The molecule has 0 unspecified atom stereocenters. The third-order valence-electron chi connectivity index (χ3n) is 3.23. The van der Waals surface area contributed by atoms with Crippen molar-refractivity contribution < 1.29 is 0 Å². The molecule has 2 rings (SSSR count). The van der Waals surface area contributed by atoms with E-state index in [1.54, 1.807) is 0 Å². The van der Waals surface area contributed by atoms with Crippen LogP contribution in [0.2, 0.25) is 0 Å². The average Bonchev–Trinajstić information content (AvgIpc) is 2.88. The van der Waals surface area contributed by atoms with E-state index in [1.165, 1.54) is 38.6 Å². The summed E-state index contributed by atoms with van der Waals surface area (Å²) < 4.78 is 0. The quantitative estimate of drug-likeness (QED) is 0.701. The van der Waals surface area contributed by atoms with Gasteiger partial charge in [0, 0.05) is 18.8 Å². The van der Waals surface area contributed by atoms with E-state index in [4.69, 9.17) is 0 Å². The summed E-state index contributed by atoms with van der Waals surface area (Å²) in [6.07, 6.45) is 11.7. The summed E-state index contributed by atoms with van der Waals surface area (Å²) in [5.74, 6) is 2.06. The molecule has 84 valence electrons. The first-order chi connectivity index (χ1) is 7.45. The first-order valence-electron chi connectivity index (χ1n) is 6.14.